The van der Waals surface area contributed by atoms with E-state index in [0.717, 1.165) is 39.1 Å². The second-order valence-corrected chi connectivity index (χ2v) is 5.71. The van der Waals surface area contributed by atoms with Crippen molar-refractivity contribution in [2.24, 2.45) is 5.92 Å². The molecule has 0 radical (unpaired) electrons. The third-order valence-corrected chi connectivity index (χ3v) is 4.23. The van der Waals surface area contributed by atoms with Crippen LogP contribution in [-0.4, -0.2) is 47.6 Å². The van der Waals surface area contributed by atoms with Crippen LogP contribution in [0.25, 0.3) is 11.6 Å². The van der Waals surface area contributed by atoms with Crippen molar-refractivity contribution >= 4 is 0 Å². The summed E-state index contributed by atoms with van der Waals surface area (Å²) < 4.78 is 21.8. The Morgan fingerprint density at radius 2 is 2.00 bits per heavy atom. The fourth-order valence-corrected chi connectivity index (χ4v) is 3.05. The van der Waals surface area contributed by atoms with E-state index in [0.29, 0.717) is 29.9 Å². The molecule has 0 bridgehead atoms. The smallest absolute Gasteiger partial charge is 0.241 e. The van der Waals surface area contributed by atoms with E-state index >= 15 is 0 Å². The zero-order valence-electron chi connectivity index (χ0n) is 12.3. The molecule has 0 unspecified atom stereocenters. The summed E-state index contributed by atoms with van der Waals surface area (Å²) in [5, 5.41) is 3.96. The zero-order valence-corrected chi connectivity index (χ0v) is 12.3. The Balaban J connectivity index is 1.31. The number of likely N-dealkylation sites (tertiary alicyclic amines) is 1. The minimum atomic E-state index is -0.00360. The number of hydrogen-bond acceptors (Lipinski definition) is 7. The lowest BCUT2D eigenvalue weighted by Gasteiger charge is -2.32. The molecule has 118 valence electrons. The van der Waals surface area contributed by atoms with Crippen molar-refractivity contribution in [3.05, 3.63) is 24.3 Å². The molecule has 0 saturated carbocycles. The molecule has 2 aliphatic rings. The maximum Gasteiger partial charge on any atom is 0.241 e. The summed E-state index contributed by atoms with van der Waals surface area (Å²) in [6, 6.07) is 3.63. The van der Waals surface area contributed by atoms with Gasteiger partial charge in [-0.05, 0) is 38.1 Å². The minimum Gasteiger partial charge on any atom is -0.461 e. The summed E-state index contributed by atoms with van der Waals surface area (Å²) in [5.41, 5.74) is 0. The second-order valence-electron chi connectivity index (χ2n) is 5.71. The van der Waals surface area contributed by atoms with E-state index in [1.807, 2.05) is 12.1 Å². The third kappa shape index (κ3) is 2.92. The van der Waals surface area contributed by atoms with Crippen molar-refractivity contribution < 1.29 is 18.4 Å². The van der Waals surface area contributed by atoms with Crippen LogP contribution in [0.4, 0.5) is 0 Å². The summed E-state index contributed by atoms with van der Waals surface area (Å²) in [5.74, 6) is 2.25. The summed E-state index contributed by atoms with van der Waals surface area (Å²) in [6.45, 7) is 4.11. The molecular weight excluding hydrogens is 286 g/mol. The molecule has 7 heteroatoms. The molecule has 2 aromatic heterocycles. The Bertz CT molecular complexity index is 584. The minimum absolute atomic E-state index is 0.00360. The molecule has 0 atom stereocenters. The van der Waals surface area contributed by atoms with E-state index in [2.05, 4.69) is 15.0 Å². The Kier molecular flexibility index (Phi) is 3.92. The lowest BCUT2D eigenvalue weighted by molar-refractivity contribution is -0.0981. The molecule has 0 aliphatic carbocycles. The van der Waals surface area contributed by atoms with Crippen LogP contribution in [0.15, 0.2) is 27.3 Å². The van der Waals surface area contributed by atoms with Gasteiger partial charge in [0, 0.05) is 5.92 Å². The summed E-state index contributed by atoms with van der Waals surface area (Å²) in [4.78, 5) is 6.71. The summed E-state index contributed by atoms with van der Waals surface area (Å²) in [7, 11) is 0. The summed E-state index contributed by atoms with van der Waals surface area (Å²) in [6.07, 6.45) is 3.74. The molecule has 2 aromatic rings. The number of nitrogens with zero attached hydrogens (tertiary/aromatic N) is 3. The van der Waals surface area contributed by atoms with Crippen LogP contribution in [0.3, 0.4) is 0 Å². The van der Waals surface area contributed by atoms with Crippen molar-refractivity contribution in [1.29, 1.82) is 0 Å². The predicted octanol–water partition coefficient (Wildman–Crippen LogP) is 1.91. The highest BCUT2D eigenvalue weighted by Gasteiger charge is 2.30. The first-order valence-corrected chi connectivity index (χ1v) is 7.70. The Hall–Kier alpha value is -1.70. The monoisotopic (exact) mass is 305 g/mol. The highest BCUT2D eigenvalue weighted by atomic mass is 16.7. The van der Waals surface area contributed by atoms with Crippen molar-refractivity contribution in [3.8, 4) is 11.6 Å². The van der Waals surface area contributed by atoms with Gasteiger partial charge in [-0.1, -0.05) is 5.16 Å². The van der Waals surface area contributed by atoms with Gasteiger partial charge >= 0.3 is 0 Å². The van der Waals surface area contributed by atoms with Crippen LogP contribution in [0.2, 0.25) is 0 Å². The molecule has 4 heterocycles. The highest BCUT2D eigenvalue weighted by molar-refractivity contribution is 5.44. The van der Waals surface area contributed by atoms with Gasteiger partial charge in [-0.25, -0.2) is 0 Å². The van der Waals surface area contributed by atoms with Gasteiger partial charge in [0.05, 0.1) is 26.0 Å². The zero-order chi connectivity index (χ0) is 14.8. The van der Waals surface area contributed by atoms with Crippen LogP contribution in [0.5, 0.6) is 0 Å². The van der Waals surface area contributed by atoms with Gasteiger partial charge in [-0.3, -0.25) is 4.90 Å². The van der Waals surface area contributed by atoms with Crippen molar-refractivity contribution in [1.82, 2.24) is 15.0 Å². The SMILES string of the molecule is c1coc(-c2noc(CN3CCC(C4OCCO4)CC3)n2)c1. The van der Waals surface area contributed by atoms with Crippen LogP contribution >= 0.6 is 0 Å². The van der Waals surface area contributed by atoms with Crippen molar-refractivity contribution in [3.63, 3.8) is 0 Å². The molecule has 7 nitrogen and oxygen atoms in total. The van der Waals surface area contributed by atoms with Crippen molar-refractivity contribution in [2.45, 2.75) is 25.7 Å². The Labute approximate surface area is 128 Å². The van der Waals surface area contributed by atoms with E-state index in [1.165, 1.54) is 0 Å². The number of aromatic nitrogens is 2. The fraction of sp³-hybridized carbons (Fsp3) is 0.600. The topological polar surface area (TPSA) is 73.8 Å². The van der Waals surface area contributed by atoms with Gasteiger partial charge in [-0.15, -0.1) is 0 Å². The number of ether oxygens (including phenoxy) is 2. The van der Waals surface area contributed by atoms with Crippen LogP contribution in [0.1, 0.15) is 18.7 Å². The lowest BCUT2D eigenvalue weighted by Crippen LogP contribution is -2.37. The average Bonchev–Trinajstić information content (AvgIpc) is 3.30. The largest absolute Gasteiger partial charge is 0.461 e. The maximum absolute atomic E-state index is 5.60. The number of rotatable bonds is 4. The molecule has 22 heavy (non-hydrogen) atoms. The molecule has 2 fully saturated rings. The van der Waals surface area contributed by atoms with Gasteiger partial charge in [0.25, 0.3) is 0 Å². The Morgan fingerprint density at radius 3 is 2.73 bits per heavy atom. The van der Waals surface area contributed by atoms with E-state index in [4.69, 9.17) is 18.4 Å². The Morgan fingerprint density at radius 1 is 1.18 bits per heavy atom. The van der Waals surface area contributed by atoms with E-state index in [-0.39, 0.29) is 6.29 Å². The molecule has 2 aliphatic heterocycles. The molecule has 0 amide bonds. The van der Waals surface area contributed by atoms with Gasteiger partial charge < -0.3 is 18.4 Å². The van der Waals surface area contributed by atoms with Crippen LogP contribution < -0.4 is 0 Å². The van der Waals surface area contributed by atoms with Gasteiger partial charge in [0.1, 0.15) is 0 Å². The van der Waals surface area contributed by atoms with Gasteiger partial charge in [0.15, 0.2) is 12.1 Å². The lowest BCUT2D eigenvalue weighted by atomic mass is 9.96. The molecule has 0 aromatic carbocycles. The average molecular weight is 305 g/mol. The maximum atomic E-state index is 5.60. The quantitative estimate of drug-likeness (QED) is 0.854. The standard InChI is InChI=1S/C15H19N3O4/c1-2-12(19-7-1)14-16-13(22-17-14)10-18-5-3-11(4-6-18)15-20-8-9-21-15/h1-2,7,11,15H,3-6,8-10H2. The molecule has 0 N–H and O–H groups in total. The first kappa shape index (κ1) is 13.9. The number of furan rings is 1. The van der Waals surface area contributed by atoms with E-state index < -0.39 is 0 Å². The fourth-order valence-electron chi connectivity index (χ4n) is 3.05. The molecule has 4 rings (SSSR count). The first-order valence-electron chi connectivity index (χ1n) is 7.70. The van der Waals surface area contributed by atoms with E-state index in [9.17, 15) is 0 Å². The normalized spacial score (nSPS) is 21.6. The predicted molar refractivity (Wildman–Crippen MR) is 75.7 cm³/mol. The third-order valence-electron chi connectivity index (χ3n) is 4.23. The first-order chi connectivity index (χ1) is 10.9. The second kappa shape index (κ2) is 6.20. The van der Waals surface area contributed by atoms with Crippen LogP contribution in [-0.2, 0) is 16.0 Å². The summed E-state index contributed by atoms with van der Waals surface area (Å²) >= 11 is 0. The van der Waals surface area contributed by atoms with Crippen molar-refractivity contribution in [2.75, 3.05) is 26.3 Å². The molecule has 0 spiro atoms. The van der Waals surface area contributed by atoms with Gasteiger partial charge in [-0.2, -0.15) is 4.98 Å². The van der Waals surface area contributed by atoms with E-state index in [1.54, 1.807) is 6.26 Å². The number of hydrogen-bond donors (Lipinski definition) is 0. The van der Waals surface area contributed by atoms with Crippen LogP contribution in [0, 0.1) is 5.92 Å². The molecular formula is C15H19N3O4. The van der Waals surface area contributed by atoms with Gasteiger partial charge in [0.2, 0.25) is 11.7 Å². The molecule has 2 saturated heterocycles. The highest BCUT2D eigenvalue weighted by Crippen LogP contribution is 2.26. The number of piperidine rings is 1.